The number of halogens is 1. The maximum Gasteiger partial charge on any atom is 0.244 e. The first-order valence-electron chi connectivity index (χ1n) is 6.83. The van der Waals surface area contributed by atoms with Crippen LogP contribution in [-0.2, 0) is 10.0 Å². The van der Waals surface area contributed by atoms with Gasteiger partial charge in [0.05, 0.1) is 0 Å². The fourth-order valence-electron chi connectivity index (χ4n) is 2.69. The van der Waals surface area contributed by atoms with E-state index in [1.807, 2.05) is 6.92 Å². The molecule has 1 aromatic carbocycles. The highest BCUT2D eigenvalue weighted by Gasteiger charge is 2.33. The van der Waals surface area contributed by atoms with Gasteiger partial charge in [0, 0.05) is 11.2 Å². The topological polar surface area (TPSA) is 72.2 Å². The van der Waals surface area contributed by atoms with Gasteiger partial charge in [0.25, 0.3) is 0 Å². The lowest BCUT2D eigenvalue weighted by Crippen LogP contribution is -2.47. The number of nitrogen functional groups attached to an aromatic ring is 1. The zero-order valence-corrected chi connectivity index (χ0v) is 12.7. The Morgan fingerprint density at radius 2 is 1.85 bits per heavy atom. The molecular weight excluding hydrogens is 279 g/mol. The highest BCUT2D eigenvalue weighted by Crippen LogP contribution is 2.30. The molecule has 1 aliphatic carbocycles. The van der Waals surface area contributed by atoms with Gasteiger partial charge in [0.2, 0.25) is 10.0 Å². The van der Waals surface area contributed by atoms with E-state index in [9.17, 15) is 12.8 Å². The van der Waals surface area contributed by atoms with Crippen molar-refractivity contribution in [3.63, 3.8) is 0 Å². The van der Waals surface area contributed by atoms with Gasteiger partial charge < -0.3 is 5.73 Å². The van der Waals surface area contributed by atoms with Crippen molar-refractivity contribution in [1.82, 2.24) is 4.72 Å². The van der Waals surface area contributed by atoms with Crippen molar-refractivity contribution in [1.29, 1.82) is 0 Å². The zero-order valence-electron chi connectivity index (χ0n) is 11.9. The summed E-state index contributed by atoms with van der Waals surface area (Å²) < 4.78 is 41.3. The molecule has 1 saturated carbocycles. The highest BCUT2D eigenvalue weighted by molar-refractivity contribution is 7.89. The quantitative estimate of drug-likeness (QED) is 0.843. The lowest BCUT2D eigenvalue weighted by molar-refractivity contribution is 0.293. The van der Waals surface area contributed by atoms with Crippen LogP contribution in [0, 0.1) is 12.7 Å². The van der Waals surface area contributed by atoms with Gasteiger partial charge in [-0.05, 0) is 44.4 Å². The third-order valence-electron chi connectivity index (χ3n) is 3.95. The Balaban J connectivity index is 2.33. The molecule has 20 heavy (non-hydrogen) atoms. The lowest BCUT2D eigenvalue weighted by Gasteiger charge is -2.34. The van der Waals surface area contributed by atoms with E-state index in [1.165, 1.54) is 6.07 Å². The lowest BCUT2D eigenvalue weighted by atomic mass is 9.84. The van der Waals surface area contributed by atoms with Crippen LogP contribution >= 0.6 is 0 Å². The molecule has 0 unspecified atom stereocenters. The van der Waals surface area contributed by atoms with Crippen LogP contribution in [0.15, 0.2) is 17.0 Å². The van der Waals surface area contributed by atoms with Crippen molar-refractivity contribution >= 4 is 15.7 Å². The van der Waals surface area contributed by atoms with Gasteiger partial charge in [-0.3, -0.25) is 0 Å². The predicted octanol–water partition coefficient (Wildman–Crippen LogP) is 2.72. The summed E-state index contributed by atoms with van der Waals surface area (Å²) in [5, 5.41) is 0. The SMILES string of the molecule is Cc1cc(F)c(S(=O)(=O)NC2(C)CCCCC2)cc1N. The van der Waals surface area contributed by atoms with E-state index in [1.54, 1.807) is 6.92 Å². The summed E-state index contributed by atoms with van der Waals surface area (Å²) in [5.74, 6) is -0.761. The number of hydrogen-bond donors (Lipinski definition) is 2. The zero-order chi connectivity index (χ0) is 15.0. The average molecular weight is 300 g/mol. The molecule has 4 nitrogen and oxygen atoms in total. The van der Waals surface area contributed by atoms with Crippen molar-refractivity contribution in [3.8, 4) is 0 Å². The molecule has 3 N–H and O–H groups in total. The van der Waals surface area contributed by atoms with Crippen LogP contribution in [0.25, 0.3) is 0 Å². The Labute approximate surface area is 119 Å². The van der Waals surface area contributed by atoms with Gasteiger partial charge in [0.1, 0.15) is 10.7 Å². The standard InChI is InChI=1S/C14H21FN2O2S/c1-10-8-11(15)13(9-12(10)16)20(18,19)17-14(2)6-4-3-5-7-14/h8-9,17H,3-7,16H2,1-2H3. The second-order valence-electron chi connectivity index (χ2n) is 5.87. The number of hydrogen-bond acceptors (Lipinski definition) is 3. The van der Waals surface area contributed by atoms with Gasteiger partial charge >= 0.3 is 0 Å². The van der Waals surface area contributed by atoms with Gasteiger partial charge in [0.15, 0.2) is 0 Å². The maximum absolute atomic E-state index is 13.9. The van der Waals surface area contributed by atoms with Crippen LogP contribution in [-0.4, -0.2) is 14.0 Å². The average Bonchev–Trinajstić information content (AvgIpc) is 2.33. The largest absolute Gasteiger partial charge is 0.398 e. The van der Waals surface area contributed by atoms with Crippen molar-refractivity contribution in [2.75, 3.05) is 5.73 Å². The molecule has 0 spiro atoms. The van der Waals surface area contributed by atoms with E-state index in [0.29, 0.717) is 5.56 Å². The van der Waals surface area contributed by atoms with E-state index in [0.717, 1.165) is 38.2 Å². The molecule has 0 radical (unpaired) electrons. The van der Waals surface area contributed by atoms with Crippen LogP contribution in [0.3, 0.4) is 0 Å². The molecule has 6 heteroatoms. The Bertz CT molecular complexity index is 608. The van der Waals surface area contributed by atoms with E-state index < -0.39 is 21.4 Å². The Morgan fingerprint density at radius 1 is 1.25 bits per heavy atom. The number of aryl methyl sites for hydroxylation is 1. The molecule has 0 aromatic heterocycles. The number of anilines is 1. The predicted molar refractivity (Wildman–Crippen MR) is 77.4 cm³/mol. The molecule has 0 heterocycles. The van der Waals surface area contributed by atoms with Gasteiger partial charge in [-0.2, -0.15) is 0 Å². The first-order chi connectivity index (χ1) is 9.23. The number of rotatable bonds is 3. The molecule has 112 valence electrons. The minimum absolute atomic E-state index is 0.278. The fraction of sp³-hybridized carbons (Fsp3) is 0.571. The highest BCUT2D eigenvalue weighted by atomic mass is 32.2. The number of nitrogens with two attached hydrogens (primary N) is 1. The number of nitrogens with one attached hydrogen (secondary N) is 1. The summed E-state index contributed by atoms with van der Waals surface area (Å²) in [6.07, 6.45) is 4.63. The van der Waals surface area contributed by atoms with Crippen LogP contribution in [0.2, 0.25) is 0 Å². The summed E-state index contributed by atoms with van der Waals surface area (Å²) in [6.45, 7) is 3.52. The normalized spacial score (nSPS) is 18.9. The van der Waals surface area contributed by atoms with Crippen LogP contribution in [0.5, 0.6) is 0 Å². The Hall–Kier alpha value is -1.14. The fourth-order valence-corrected chi connectivity index (χ4v) is 4.25. The smallest absolute Gasteiger partial charge is 0.244 e. The van der Waals surface area contributed by atoms with Crippen LogP contribution in [0.4, 0.5) is 10.1 Å². The molecule has 1 aromatic rings. The van der Waals surface area contributed by atoms with E-state index in [-0.39, 0.29) is 10.6 Å². The molecule has 0 atom stereocenters. The van der Waals surface area contributed by atoms with E-state index in [4.69, 9.17) is 5.73 Å². The first kappa shape index (κ1) is 15.3. The third kappa shape index (κ3) is 3.12. The third-order valence-corrected chi connectivity index (χ3v) is 5.60. The van der Waals surface area contributed by atoms with Crippen molar-refractivity contribution in [2.45, 2.75) is 56.4 Å². The molecule has 0 bridgehead atoms. The molecule has 0 aliphatic heterocycles. The van der Waals surface area contributed by atoms with Gasteiger partial charge in [-0.15, -0.1) is 0 Å². The summed E-state index contributed by atoms with van der Waals surface area (Å²) >= 11 is 0. The summed E-state index contributed by atoms with van der Waals surface area (Å²) in [6, 6.07) is 2.35. The van der Waals surface area contributed by atoms with E-state index in [2.05, 4.69) is 4.72 Å². The monoisotopic (exact) mass is 300 g/mol. The minimum Gasteiger partial charge on any atom is -0.398 e. The minimum atomic E-state index is -3.89. The number of benzene rings is 1. The molecule has 2 rings (SSSR count). The summed E-state index contributed by atoms with van der Waals surface area (Å²) in [7, 11) is -3.89. The second-order valence-corrected chi connectivity index (χ2v) is 7.52. The second kappa shape index (κ2) is 5.33. The van der Waals surface area contributed by atoms with Gasteiger partial charge in [-0.25, -0.2) is 17.5 Å². The van der Waals surface area contributed by atoms with Crippen molar-refractivity contribution < 1.29 is 12.8 Å². The molecule has 0 amide bonds. The summed E-state index contributed by atoms with van der Waals surface area (Å²) in [5.41, 5.74) is 6.01. The molecular formula is C14H21FN2O2S. The van der Waals surface area contributed by atoms with Crippen molar-refractivity contribution in [2.24, 2.45) is 0 Å². The van der Waals surface area contributed by atoms with Crippen LogP contribution < -0.4 is 10.5 Å². The van der Waals surface area contributed by atoms with Gasteiger partial charge in [-0.1, -0.05) is 19.3 Å². The number of sulfonamides is 1. The maximum atomic E-state index is 13.9. The van der Waals surface area contributed by atoms with E-state index >= 15 is 0 Å². The Kier molecular flexibility index (Phi) is 4.07. The molecule has 1 fully saturated rings. The molecule has 0 saturated heterocycles. The van der Waals surface area contributed by atoms with Crippen molar-refractivity contribution in [3.05, 3.63) is 23.5 Å². The Morgan fingerprint density at radius 3 is 2.45 bits per heavy atom. The molecule has 1 aliphatic rings. The van der Waals surface area contributed by atoms with Crippen LogP contribution in [0.1, 0.15) is 44.6 Å². The first-order valence-corrected chi connectivity index (χ1v) is 8.31. The summed E-state index contributed by atoms with van der Waals surface area (Å²) in [4.78, 5) is -0.368.